The molecule has 5 nitrogen and oxygen atoms in total. The molecule has 1 aromatic carbocycles. The number of amides is 1. The van der Waals surface area contributed by atoms with E-state index >= 15 is 0 Å². The number of fused-ring (bicyclic) bond motifs is 1. The number of nitrogens with zero attached hydrogens (tertiary/aromatic N) is 1. The Morgan fingerprint density at radius 1 is 1.27 bits per heavy atom. The van der Waals surface area contributed by atoms with E-state index < -0.39 is 29.7 Å². The molecule has 0 aliphatic carbocycles. The number of aromatic amines is 1. The molecule has 1 aliphatic rings. The highest BCUT2D eigenvalue weighted by molar-refractivity contribution is 6.30. The molecule has 2 heterocycles. The molecule has 3 rings (SSSR count). The Hall–Kier alpha value is -2.06. The second kappa shape index (κ2) is 4.72. The van der Waals surface area contributed by atoms with Crippen LogP contribution in [0.3, 0.4) is 0 Å². The lowest BCUT2D eigenvalue weighted by molar-refractivity contribution is -0.267. The summed E-state index contributed by atoms with van der Waals surface area (Å²) in [6.45, 7) is 0. The summed E-state index contributed by atoms with van der Waals surface area (Å²) in [6, 6.07) is 5.98. The average Bonchev–Trinajstić information content (AvgIpc) is 2.82. The molecule has 3 N–H and O–H groups in total. The maximum atomic E-state index is 13.3. The van der Waals surface area contributed by atoms with Gasteiger partial charge in [0.15, 0.2) is 11.4 Å². The van der Waals surface area contributed by atoms with Crippen LogP contribution in [0.1, 0.15) is 12.0 Å². The molecule has 0 spiro atoms. The Morgan fingerprint density at radius 2 is 1.91 bits per heavy atom. The first-order chi connectivity index (χ1) is 10.2. The predicted octanol–water partition coefficient (Wildman–Crippen LogP) is 2.82. The third kappa shape index (κ3) is 2.15. The number of anilines is 1. The van der Waals surface area contributed by atoms with Crippen LogP contribution >= 0.6 is 11.6 Å². The first-order valence-corrected chi connectivity index (χ1v) is 6.54. The predicted molar refractivity (Wildman–Crippen MR) is 72.2 cm³/mol. The topological polar surface area (TPSA) is 78.0 Å². The highest BCUT2D eigenvalue weighted by Gasteiger charge is 2.60. The van der Waals surface area contributed by atoms with Crippen LogP contribution in [0.5, 0.6) is 0 Å². The van der Waals surface area contributed by atoms with Gasteiger partial charge in [-0.25, -0.2) is 0 Å². The lowest BCUT2D eigenvalue weighted by Crippen LogP contribution is -2.48. The molecule has 116 valence electrons. The Kier molecular flexibility index (Phi) is 3.19. The Bertz CT molecular complexity index is 742. The van der Waals surface area contributed by atoms with Crippen LogP contribution in [0.4, 0.5) is 19.0 Å². The van der Waals surface area contributed by atoms with Crippen molar-refractivity contribution in [1.82, 2.24) is 10.2 Å². The van der Waals surface area contributed by atoms with E-state index in [2.05, 4.69) is 15.5 Å². The zero-order valence-corrected chi connectivity index (χ0v) is 11.6. The highest BCUT2D eigenvalue weighted by atomic mass is 35.5. The lowest BCUT2D eigenvalue weighted by atomic mass is 9.85. The van der Waals surface area contributed by atoms with Crippen LogP contribution in [-0.2, 0) is 10.4 Å². The summed E-state index contributed by atoms with van der Waals surface area (Å²) in [6.07, 6.45) is -6.14. The fraction of sp³-hybridized carbons (Fsp3) is 0.231. The third-order valence-electron chi connectivity index (χ3n) is 3.46. The van der Waals surface area contributed by atoms with Crippen molar-refractivity contribution >= 4 is 23.3 Å². The fourth-order valence-electron chi connectivity index (χ4n) is 2.40. The molecule has 0 saturated heterocycles. The van der Waals surface area contributed by atoms with Crippen LogP contribution in [0.2, 0.25) is 5.02 Å². The molecular weight excluding hydrogens is 323 g/mol. The molecule has 1 amide bonds. The Balaban J connectivity index is 2.22. The molecular formula is C13H9ClF3N3O2. The molecule has 0 fully saturated rings. The molecule has 9 heteroatoms. The molecule has 0 saturated carbocycles. The van der Waals surface area contributed by atoms with Crippen LogP contribution in [0.25, 0.3) is 11.3 Å². The van der Waals surface area contributed by atoms with Gasteiger partial charge in [0.1, 0.15) is 0 Å². The van der Waals surface area contributed by atoms with Crippen molar-refractivity contribution in [3.8, 4) is 11.3 Å². The zero-order valence-electron chi connectivity index (χ0n) is 10.8. The van der Waals surface area contributed by atoms with Gasteiger partial charge in [0.05, 0.1) is 17.7 Å². The number of nitrogens with one attached hydrogen (secondary N) is 2. The number of carbonyl (C=O) groups excluding carboxylic acids is 1. The minimum atomic E-state index is -5.02. The number of alkyl halides is 3. The molecule has 1 aromatic heterocycles. The summed E-state index contributed by atoms with van der Waals surface area (Å²) in [7, 11) is 0. The SMILES string of the molecule is O=C1CC(O)(C(F)(F)F)c2c(n[nH]c2-c2ccc(Cl)cc2)N1. The first-order valence-electron chi connectivity index (χ1n) is 6.16. The second-order valence-electron chi connectivity index (χ2n) is 4.91. The molecule has 0 bridgehead atoms. The van der Waals surface area contributed by atoms with E-state index in [9.17, 15) is 23.1 Å². The van der Waals surface area contributed by atoms with Crippen LogP contribution in [-0.4, -0.2) is 27.4 Å². The maximum absolute atomic E-state index is 13.3. The fourth-order valence-corrected chi connectivity index (χ4v) is 2.53. The van der Waals surface area contributed by atoms with Crippen LogP contribution < -0.4 is 5.32 Å². The molecule has 1 unspecified atom stereocenters. The number of carbonyl (C=O) groups is 1. The van der Waals surface area contributed by atoms with Gasteiger partial charge in [-0.05, 0) is 12.1 Å². The van der Waals surface area contributed by atoms with Gasteiger partial charge in [0, 0.05) is 10.6 Å². The highest BCUT2D eigenvalue weighted by Crippen LogP contribution is 2.49. The van der Waals surface area contributed by atoms with E-state index in [0.29, 0.717) is 10.6 Å². The number of aliphatic hydroxyl groups is 1. The minimum absolute atomic E-state index is 0.0218. The van der Waals surface area contributed by atoms with Crippen LogP contribution in [0.15, 0.2) is 24.3 Å². The third-order valence-corrected chi connectivity index (χ3v) is 3.71. The standard InChI is InChI=1S/C13H9ClF3N3O2/c14-7-3-1-6(2-4-7)10-9-11(20-19-10)18-8(21)5-12(9,22)13(15,16)17/h1-4,22H,5H2,(H2,18,19,20,21). The van der Waals surface area contributed by atoms with Gasteiger partial charge < -0.3 is 10.4 Å². The van der Waals surface area contributed by atoms with Gasteiger partial charge in [0.25, 0.3) is 0 Å². The van der Waals surface area contributed by atoms with E-state index in [1.807, 2.05) is 0 Å². The lowest BCUT2D eigenvalue weighted by Gasteiger charge is -2.33. The summed E-state index contributed by atoms with van der Waals surface area (Å²) in [5.41, 5.74) is -3.46. The molecule has 1 aliphatic heterocycles. The second-order valence-corrected chi connectivity index (χ2v) is 5.35. The summed E-state index contributed by atoms with van der Waals surface area (Å²) in [5.74, 6) is -1.29. The van der Waals surface area contributed by atoms with E-state index in [-0.39, 0.29) is 11.5 Å². The molecule has 0 radical (unpaired) electrons. The average molecular weight is 332 g/mol. The first kappa shape index (κ1) is 14.9. The van der Waals surface area contributed by atoms with Crippen molar-refractivity contribution < 1.29 is 23.1 Å². The van der Waals surface area contributed by atoms with E-state index in [1.54, 1.807) is 0 Å². The largest absolute Gasteiger partial charge is 0.422 e. The van der Waals surface area contributed by atoms with Crippen molar-refractivity contribution in [1.29, 1.82) is 0 Å². The van der Waals surface area contributed by atoms with Crippen molar-refractivity contribution in [2.75, 3.05) is 5.32 Å². The number of hydrogen-bond acceptors (Lipinski definition) is 3. The summed E-state index contributed by atoms with van der Waals surface area (Å²) in [4.78, 5) is 11.4. The van der Waals surface area contributed by atoms with Crippen LogP contribution in [0, 0.1) is 0 Å². The monoisotopic (exact) mass is 331 g/mol. The van der Waals surface area contributed by atoms with Crippen molar-refractivity contribution in [2.45, 2.75) is 18.2 Å². The molecule has 1 atom stereocenters. The van der Waals surface area contributed by atoms with Gasteiger partial charge in [-0.2, -0.15) is 18.3 Å². The minimum Gasteiger partial charge on any atom is -0.376 e. The number of benzene rings is 1. The van der Waals surface area contributed by atoms with Gasteiger partial charge in [-0.1, -0.05) is 23.7 Å². The van der Waals surface area contributed by atoms with Crippen molar-refractivity contribution in [2.24, 2.45) is 0 Å². The maximum Gasteiger partial charge on any atom is 0.422 e. The van der Waals surface area contributed by atoms with E-state index in [0.717, 1.165) is 0 Å². The quantitative estimate of drug-likeness (QED) is 0.752. The van der Waals surface area contributed by atoms with Gasteiger partial charge >= 0.3 is 6.18 Å². The number of H-pyrrole nitrogens is 1. The normalized spacial score (nSPS) is 21.4. The van der Waals surface area contributed by atoms with Crippen molar-refractivity contribution in [3.05, 3.63) is 34.9 Å². The zero-order chi connectivity index (χ0) is 16.1. The smallest absolute Gasteiger partial charge is 0.376 e. The van der Waals surface area contributed by atoms with E-state index in [4.69, 9.17) is 11.6 Å². The van der Waals surface area contributed by atoms with Gasteiger partial charge in [-0.15, -0.1) is 0 Å². The Labute approximate surface area is 127 Å². The number of rotatable bonds is 1. The number of hydrogen-bond donors (Lipinski definition) is 3. The molecule has 22 heavy (non-hydrogen) atoms. The van der Waals surface area contributed by atoms with Crippen molar-refractivity contribution in [3.63, 3.8) is 0 Å². The van der Waals surface area contributed by atoms with Gasteiger partial charge in [0.2, 0.25) is 5.91 Å². The molecule has 2 aromatic rings. The summed E-state index contributed by atoms with van der Waals surface area (Å²) >= 11 is 5.75. The number of aromatic nitrogens is 2. The van der Waals surface area contributed by atoms with Gasteiger partial charge in [-0.3, -0.25) is 9.89 Å². The number of halogens is 4. The Morgan fingerprint density at radius 3 is 2.50 bits per heavy atom. The summed E-state index contributed by atoms with van der Waals surface area (Å²) < 4.78 is 40.0. The van der Waals surface area contributed by atoms with E-state index in [1.165, 1.54) is 24.3 Å². The summed E-state index contributed by atoms with van der Waals surface area (Å²) in [5, 5.41) is 18.9.